The third kappa shape index (κ3) is 5.85. The molecule has 5 aromatic rings. The van der Waals surface area contributed by atoms with E-state index < -0.39 is 6.04 Å². The van der Waals surface area contributed by atoms with Crippen LogP contribution in [0.5, 0.6) is 0 Å². The van der Waals surface area contributed by atoms with Crippen molar-refractivity contribution in [2.24, 2.45) is 0 Å². The van der Waals surface area contributed by atoms with Gasteiger partial charge in [-0.05, 0) is 55.5 Å². The van der Waals surface area contributed by atoms with Gasteiger partial charge < -0.3 is 10.6 Å². The molecular weight excluding hydrogens is 579 g/mol. The minimum Gasteiger partial charge on any atom is -0.377 e. The van der Waals surface area contributed by atoms with Gasteiger partial charge in [-0.25, -0.2) is 4.68 Å². The van der Waals surface area contributed by atoms with Crippen LogP contribution < -0.4 is 10.6 Å². The van der Waals surface area contributed by atoms with Crippen molar-refractivity contribution in [3.63, 3.8) is 0 Å². The Morgan fingerprint density at radius 3 is 2.49 bits per heavy atom. The van der Waals surface area contributed by atoms with Crippen molar-refractivity contribution in [2.45, 2.75) is 50.2 Å². The Labute approximate surface area is 259 Å². The number of benzene rings is 3. The molecule has 1 saturated carbocycles. The Morgan fingerprint density at radius 1 is 1.00 bits per heavy atom. The van der Waals surface area contributed by atoms with Crippen LogP contribution in [0.2, 0.25) is 10.0 Å². The van der Waals surface area contributed by atoms with Gasteiger partial charge in [0.1, 0.15) is 11.8 Å². The van der Waals surface area contributed by atoms with Gasteiger partial charge in [-0.1, -0.05) is 76.9 Å². The fraction of sp³-hybridized carbons (Fsp3) is 0.242. The van der Waals surface area contributed by atoms with Crippen molar-refractivity contribution in [1.29, 1.82) is 10.5 Å². The van der Waals surface area contributed by atoms with Crippen LogP contribution in [0.1, 0.15) is 67.1 Å². The number of nitrogens with zero attached hydrogens (tertiary/aromatic N) is 6. The van der Waals surface area contributed by atoms with Gasteiger partial charge in [0.2, 0.25) is 0 Å². The lowest BCUT2D eigenvalue weighted by atomic mass is 10.00. The maximum atomic E-state index is 10.1. The number of hydrogen-bond acceptors (Lipinski definition) is 7. The van der Waals surface area contributed by atoms with Gasteiger partial charge in [0, 0.05) is 28.7 Å². The third-order valence-corrected chi connectivity index (χ3v) is 8.60. The molecule has 43 heavy (non-hydrogen) atoms. The second-order valence-electron chi connectivity index (χ2n) is 11.0. The summed E-state index contributed by atoms with van der Waals surface area (Å²) < 4.78 is 1.93. The molecule has 6 rings (SSSR count). The smallest absolute Gasteiger partial charge is 0.110 e. The highest BCUT2D eigenvalue weighted by Gasteiger charge is 2.41. The van der Waals surface area contributed by atoms with E-state index in [1.807, 2.05) is 77.6 Å². The quantitative estimate of drug-likeness (QED) is 0.165. The Balaban J connectivity index is 1.44. The minimum absolute atomic E-state index is 0.0106. The third-order valence-electron chi connectivity index (χ3n) is 7.97. The predicted molar refractivity (Wildman–Crippen MR) is 169 cm³/mol. The van der Waals surface area contributed by atoms with Crippen LogP contribution in [0.25, 0.3) is 10.9 Å². The molecule has 2 N–H and O–H groups in total. The second-order valence-corrected chi connectivity index (χ2v) is 11.8. The van der Waals surface area contributed by atoms with Crippen molar-refractivity contribution in [3.05, 3.63) is 112 Å². The zero-order chi connectivity index (χ0) is 30.0. The molecule has 3 aromatic carbocycles. The molecule has 0 amide bonds. The van der Waals surface area contributed by atoms with Crippen LogP contribution in [0.3, 0.4) is 0 Å². The van der Waals surface area contributed by atoms with Crippen LogP contribution in [0.15, 0.2) is 79.1 Å². The number of fused-ring (bicyclic) bond motifs is 1. The molecule has 0 bridgehead atoms. The van der Waals surface area contributed by atoms with E-state index in [2.05, 4.69) is 45.0 Å². The Morgan fingerprint density at radius 2 is 1.77 bits per heavy atom. The monoisotopic (exact) mass is 606 g/mol. The highest BCUT2D eigenvalue weighted by molar-refractivity contribution is 6.36. The topological polar surface area (TPSA) is 115 Å². The van der Waals surface area contributed by atoms with Crippen molar-refractivity contribution < 1.29 is 0 Å². The number of hydrogen-bond donors (Lipinski definition) is 2. The summed E-state index contributed by atoms with van der Waals surface area (Å²) in [5, 5.41) is 37.2. The van der Waals surface area contributed by atoms with Crippen molar-refractivity contribution in [3.8, 4) is 12.1 Å². The number of aromatic nitrogens is 4. The largest absolute Gasteiger partial charge is 0.377 e. The first kappa shape index (κ1) is 28.5. The van der Waals surface area contributed by atoms with Gasteiger partial charge in [0.05, 0.1) is 51.7 Å². The predicted octanol–water partition coefficient (Wildman–Crippen LogP) is 8.17. The average molecular weight is 608 g/mol. The maximum absolute atomic E-state index is 10.1. The van der Waals surface area contributed by atoms with E-state index in [9.17, 15) is 10.5 Å². The standard InChI is InChI=1S/C33H28Cl2N8/c1-33(13-14-33)43-20-29(41-42-43)32(24-10-5-6-11-26(24)34)39-23-16-25-30(22(18-37)19-38-31(25)27(35)17-23)40-28(12-7-15-36)21-8-3-2-4-9-21/h2-6,8-11,16-17,19-20,28,32,39H,7,12-14H2,1H3,(H,38,40). The van der Waals surface area contributed by atoms with E-state index in [0.717, 1.165) is 29.7 Å². The highest BCUT2D eigenvalue weighted by Crippen LogP contribution is 2.43. The molecule has 2 unspecified atom stereocenters. The molecule has 1 aliphatic carbocycles. The summed E-state index contributed by atoms with van der Waals surface area (Å²) in [5.41, 5.74) is 4.80. The average Bonchev–Trinajstić information content (AvgIpc) is 3.57. The summed E-state index contributed by atoms with van der Waals surface area (Å²) in [7, 11) is 0. The van der Waals surface area contributed by atoms with E-state index in [-0.39, 0.29) is 11.6 Å². The first-order valence-corrected chi connectivity index (χ1v) is 14.8. The van der Waals surface area contributed by atoms with Crippen LogP contribution in [-0.2, 0) is 5.54 Å². The number of halogens is 2. The Hall–Kier alpha value is -4.63. The van der Waals surface area contributed by atoms with Gasteiger partial charge in [-0.15, -0.1) is 5.10 Å². The molecule has 1 aliphatic rings. The van der Waals surface area contributed by atoms with Gasteiger partial charge in [0.15, 0.2) is 0 Å². The fourth-order valence-corrected chi connectivity index (χ4v) is 5.76. The first-order chi connectivity index (χ1) is 20.9. The molecule has 2 heterocycles. The lowest BCUT2D eigenvalue weighted by Gasteiger charge is -2.23. The second kappa shape index (κ2) is 11.9. The summed E-state index contributed by atoms with van der Waals surface area (Å²) in [6.45, 7) is 2.17. The number of pyridine rings is 1. The number of rotatable bonds is 10. The molecular formula is C33H28Cl2N8. The van der Waals surface area contributed by atoms with Crippen LogP contribution in [-0.4, -0.2) is 20.0 Å². The van der Waals surface area contributed by atoms with Crippen molar-refractivity contribution in [1.82, 2.24) is 20.0 Å². The zero-order valence-electron chi connectivity index (χ0n) is 23.4. The van der Waals surface area contributed by atoms with Crippen molar-refractivity contribution >= 4 is 45.5 Å². The molecule has 2 atom stereocenters. The van der Waals surface area contributed by atoms with Crippen molar-refractivity contribution in [2.75, 3.05) is 10.6 Å². The lowest BCUT2D eigenvalue weighted by molar-refractivity contribution is 0.458. The molecule has 1 fully saturated rings. The van der Waals surface area contributed by atoms with Crippen LogP contribution in [0, 0.1) is 22.7 Å². The normalized spacial score (nSPS) is 14.8. The number of anilines is 2. The summed E-state index contributed by atoms with van der Waals surface area (Å²) in [5.74, 6) is 0. The maximum Gasteiger partial charge on any atom is 0.110 e. The zero-order valence-corrected chi connectivity index (χ0v) is 24.9. The highest BCUT2D eigenvalue weighted by atomic mass is 35.5. The van der Waals surface area contributed by atoms with Crippen LogP contribution >= 0.6 is 23.2 Å². The van der Waals surface area contributed by atoms with E-state index in [1.165, 1.54) is 6.20 Å². The molecule has 0 saturated heterocycles. The Bertz CT molecular complexity index is 1870. The summed E-state index contributed by atoms with van der Waals surface area (Å²) in [4.78, 5) is 4.52. The first-order valence-electron chi connectivity index (χ1n) is 14.0. The van der Waals surface area contributed by atoms with Gasteiger partial charge >= 0.3 is 0 Å². The lowest BCUT2D eigenvalue weighted by Crippen LogP contribution is -2.15. The van der Waals surface area contributed by atoms with Gasteiger partial charge in [0.25, 0.3) is 0 Å². The number of nitrogens with one attached hydrogen (secondary N) is 2. The summed E-state index contributed by atoms with van der Waals surface area (Å²) >= 11 is 13.5. The van der Waals surface area contributed by atoms with Gasteiger partial charge in [-0.3, -0.25) is 4.98 Å². The molecule has 10 heteroatoms. The minimum atomic E-state index is -0.422. The fourth-order valence-electron chi connectivity index (χ4n) is 5.24. The molecule has 0 aliphatic heterocycles. The van der Waals surface area contributed by atoms with Crippen LogP contribution in [0.4, 0.5) is 11.4 Å². The summed E-state index contributed by atoms with van der Waals surface area (Å²) in [6, 6.07) is 25.1. The van der Waals surface area contributed by atoms with E-state index in [4.69, 9.17) is 23.2 Å². The number of nitriles is 2. The molecule has 0 spiro atoms. The molecule has 8 nitrogen and oxygen atoms in total. The summed E-state index contributed by atoms with van der Waals surface area (Å²) in [6.07, 6.45) is 6.53. The SMILES string of the molecule is CC1(n2cc(C(Nc3cc(Cl)c4ncc(C#N)c(NC(CCC#N)c5ccccc5)c4c3)c3ccccc3Cl)nn2)CC1. The Kier molecular flexibility index (Phi) is 7.90. The van der Waals surface area contributed by atoms with E-state index >= 15 is 0 Å². The molecule has 2 aromatic heterocycles. The van der Waals surface area contributed by atoms with E-state index in [1.54, 1.807) is 0 Å². The van der Waals surface area contributed by atoms with Gasteiger partial charge in [-0.2, -0.15) is 10.5 Å². The molecule has 0 radical (unpaired) electrons. The van der Waals surface area contributed by atoms with E-state index in [0.29, 0.717) is 50.7 Å². The molecule has 214 valence electrons.